The summed E-state index contributed by atoms with van der Waals surface area (Å²) in [6.07, 6.45) is 6.30. The highest BCUT2D eigenvalue weighted by Gasteiger charge is 2.21. The molecule has 0 aliphatic rings. The molecule has 0 amide bonds. The lowest BCUT2D eigenvalue weighted by Gasteiger charge is -2.22. The Morgan fingerprint density at radius 1 is 1.22 bits per heavy atom. The summed E-state index contributed by atoms with van der Waals surface area (Å²) in [6, 6.07) is 8.65. The van der Waals surface area contributed by atoms with Crippen molar-refractivity contribution in [1.29, 1.82) is 0 Å². The van der Waals surface area contributed by atoms with Crippen molar-refractivity contribution in [1.82, 2.24) is 19.7 Å². The van der Waals surface area contributed by atoms with Gasteiger partial charge < -0.3 is 19.1 Å². The van der Waals surface area contributed by atoms with Crippen molar-refractivity contribution in [3.05, 3.63) is 42.5 Å². The first kappa shape index (κ1) is 17.3. The average Bonchev–Trinajstić information content (AvgIpc) is 3.31. The lowest BCUT2D eigenvalue weighted by Crippen LogP contribution is -2.19. The van der Waals surface area contributed by atoms with Crippen molar-refractivity contribution in [2.24, 2.45) is 0 Å². The zero-order valence-electron chi connectivity index (χ0n) is 15.8. The third kappa shape index (κ3) is 3.09. The van der Waals surface area contributed by atoms with Crippen LogP contribution >= 0.6 is 0 Å². The zero-order chi connectivity index (χ0) is 18.8. The van der Waals surface area contributed by atoms with Crippen LogP contribution in [0.3, 0.4) is 0 Å². The summed E-state index contributed by atoms with van der Waals surface area (Å²) in [7, 11) is 1.69. The van der Waals surface area contributed by atoms with Crippen LogP contribution in [0.5, 0.6) is 5.75 Å². The maximum absolute atomic E-state index is 5.48. The Hall–Kier alpha value is -3.09. The quantitative estimate of drug-likeness (QED) is 0.512. The molecule has 0 aliphatic heterocycles. The number of aromatic nitrogens is 4. The summed E-state index contributed by atoms with van der Waals surface area (Å²) in [4.78, 5) is 8.68. The van der Waals surface area contributed by atoms with E-state index in [-0.39, 0.29) is 6.17 Å². The van der Waals surface area contributed by atoms with Gasteiger partial charge in [0.1, 0.15) is 11.9 Å². The summed E-state index contributed by atoms with van der Waals surface area (Å²) < 4.78 is 13.0. The third-order valence-corrected chi connectivity index (χ3v) is 4.90. The fraction of sp³-hybridized carbons (Fsp3) is 0.350. The van der Waals surface area contributed by atoms with Gasteiger partial charge in [0.25, 0.3) is 0 Å². The maximum atomic E-state index is 5.48. The minimum atomic E-state index is -0.0413. The van der Waals surface area contributed by atoms with Crippen LogP contribution in [-0.4, -0.2) is 26.8 Å². The van der Waals surface area contributed by atoms with Gasteiger partial charge in [-0.15, -0.1) is 0 Å². The normalized spacial score (nSPS) is 12.6. The molecule has 0 saturated heterocycles. The second-order valence-corrected chi connectivity index (χ2v) is 6.59. The molecule has 3 aromatic heterocycles. The van der Waals surface area contributed by atoms with Crippen molar-refractivity contribution in [2.75, 3.05) is 12.4 Å². The molecule has 0 saturated carbocycles. The standard InChI is InChI=1S/C20H23N5O2/c1-4-5-6-18(24-20-22-12-23-27-20)25-17-11-14(26-3)7-8-15(17)16-9-10-21-13(2)19(16)25/h7-12,18H,4-6H2,1-3H3,(H,22,23,24). The second kappa shape index (κ2) is 7.26. The first-order valence-electron chi connectivity index (χ1n) is 9.19. The molecule has 3 heterocycles. The van der Waals surface area contributed by atoms with E-state index in [9.17, 15) is 0 Å². The van der Waals surface area contributed by atoms with Gasteiger partial charge in [-0.05, 0) is 38.0 Å². The van der Waals surface area contributed by atoms with Gasteiger partial charge in [-0.2, -0.15) is 4.98 Å². The van der Waals surface area contributed by atoms with E-state index >= 15 is 0 Å². The summed E-state index contributed by atoms with van der Waals surface area (Å²) in [5.74, 6) is 0.823. The van der Waals surface area contributed by atoms with E-state index in [0.717, 1.165) is 41.7 Å². The molecule has 27 heavy (non-hydrogen) atoms. The molecular formula is C20H23N5O2. The third-order valence-electron chi connectivity index (χ3n) is 4.90. The van der Waals surface area contributed by atoms with Crippen molar-refractivity contribution in [2.45, 2.75) is 39.3 Å². The molecule has 0 bridgehead atoms. The van der Waals surface area contributed by atoms with Crippen LogP contribution in [0.25, 0.3) is 21.8 Å². The molecular weight excluding hydrogens is 342 g/mol. The number of benzene rings is 1. The number of pyridine rings is 1. The topological polar surface area (TPSA) is 78.0 Å². The molecule has 4 aromatic rings. The molecule has 1 aromatic carbocycles. The van der Waals surface area contributed by atoms with Crippen LogP contribution in [0.2, 0.25) is 0 Å². The molecule has 140 valence electrons. The Labute approximate surface area is 157 Å². The van der Waals surface area contributed by atoms with Gasteiger partial charge in [-0.1, -0.05) is 18.5 Å². The molecule has 7 nitrogen and oxygen atoms in total. The van der Waals surface area contributed by atoms with Gasteiger partial charge in [0.2, 0.25) is 0 Å². The predicted octanol–water partition coefficient (Wildman–Crippen LogP) is 4.69. The summed E-state index contributed by atoms with van der Waals surface area (Å²) in [6.45, 7) is 4.23. The Kier molecular flexibility index (Phi) is 4.66. The van der Waals surface area contributed by atoms with Crippen LogP contribution < -0.4 is 10.1 Å². The minimum absolute atomic E-state index is 0.0413. The van der Waals surface area contributed by atoms with E-state index in [1.807, 2.05) is 19.2 Å². The first-order valence-corrected chi connectivity index (χ1v) is 9.19. The molecule has 1 N–H and O–H groups in total. The highest BCUT2D eigenvalue weighted by atomic mass is 16.5. The van der Waals surface area contributed by atoms with E-state index in [1.165, 1.54) is 17.1 Å². The lowest BCUT2D eigenvalue weighted by atomic mass is 10.1. The second-order valence-electron chi connectivity index (χ2n) is 6.59. The molecule has 4 rings (SSSR count). The number of nitrogens with one attached hydrogen (secondary N) is 1. The molecule has 1 atom stereocenters. The lowest BCUT2D eigenvalue weighted by molar-refractivity contribution is 0.410. The van der Waals surface area contributed by atoms with Crippen molar-refractivity contribution < 1.29 is 9.26 Å². The van der Waals surface area contributed by atoms with Crippen LogP contribution in [0.4, 0.5) is 6.01 Å². The van der Waals surface area contributed by atoms with Gasteiger partial charge in [0, 0.05) is 23.0 Å². The summed E-state index contributed by atoms with van der Waals surface area (Å²) in [5, 5.41) is 9.46. The maximum Gasteiger partial charge on any atom is 0.322 e. The number of aryl methyl sites for hydroxylation is 1. The van der Waals surface area contributed by atoms with Crippen LogP contribution in [0.15, 0.2) is 41.3 Å². The molecule has 0 aliphatic carbocycles. The Morgan fingerprint density at radius 2 is 2.11 bits per heavy atom. The summed E-state index contributed by atoms with van der Waals surface area (Å²) >= 11 is 0. The van der Waals surface area contributed by atoms with Crippen LogP contribution in [0.1, 0.15) is 38.0 Å². The molecule has 0 fully saturated rings. The highest BCUT2D eigenvalue weighted by Crippen LogP contribution is 2.36. The Morgan fingerprint density at radius 3 is 2.85 bits per heavy atom. The van der Waals surface area contributed by atoms with Gasteiger partial charge in [-0.3, -0.25) is 4.98 Å². The number of hydrogen-bond donors (Lipinski definition) is 1. The van der Waals surface area contributed by atoms with E-state index in [4.69, 9.17) is 9.26 Å². The number of fused-ring (bicyclic) bond motifs is 3. The van der Waals surface area contributed by atoms with Crippen molar-refractivity contribution in [3.8, 4) is 5.75 Å². The molecule has 0 spiro atoms. The molecule has 0 radical (unpaired) electrons. The number of ether oxygens (including phenoxy) is 1. The minimum Gasteiger partial charge on any atom is -0.497 e. The number of nitrogens with zero attached hydrogens (tertiary/aromatic N) is 4. The zero-order valence-corrected chi connectivity index (χ0v) is 15.8. The number of hydrogen-bond acceptors (Lipinski definition) is 6. The molecule has 1 unspecified atom stereocenters. The van der Waals surface area contributed by atoms with Gasteiger partial charge >= 0.3 is 6.01 Å². The van der Waals surface area contributed by atoms with E-state index in [1.54, 1.807) is 7.11 Å². The summed E-state index contributed by atoms with van der Waals surface area (Å²) in [5.41, 5.74) is 3.18. The SMILES string of the molecule is CCCCC(Nc1ncno1)n1c2cc(OC)ccc2c2ccnc(C)c21. The van der Waals surface area contributed by atoms with Crippen molar-refractivity contribution in [3.63, 3.8) is 0 Å². The average molecular weight is 365 g/mol. The largest absolute Gasteiger partial charge is 0.497 e. The smallest absolute Gasteiger partial charge is 0.322 e. The monoisotopic (exact) mass is 365 g/mol. The van der Waals surface area contributed by atoms with Gasteiger partial charge in [0.05, 0.1) is 23.8 Å². The number of unbranched alkanes of at least 4 members (excludes halogenated alkanes) is 1. The van der Waals surface area contributed by atoms with Crippen molar-refractivity contribution >= 4 is 27.8 Å². The molecule has 7 heteroatoms. The fourth-order valence-electron chi connectivity index (χ4n) is 3.63. The van der Waals surface area contributed by atoms with Crippen LogP contribution in [-0.2, 0) is 0 Å². The van der Waals surface area contributed by atoms with Gasteiger partial charge in [0.15, 0.2) is 6.33 Å². The fourth-order valence-corrected chi connectivity index (χ4v) is 3.63. The first-order chi connectivity index (χ1) is 13.2. The van der Waals surface area contributed by atoms with Crippen LogP contribution in [0, 0.1) is 6.92 Å². The highest BCUT2D eigenvalue weighted by molar-refractivity contribution is 6.09. The Balaban J connectivity index is 1.97. The number of rotatable bonds is 7. The van der Waals surface area contributed by atoms with Gasteiger partial charge in [-0.25, -0.2) is 0 Å². The predicted molar refractivity (Wildman–Crippen MR) is 105 cm³/mol. The number of anilines is 1. The van der Waals surface area contributed by atoms with E-state index in [0.29, 0.717) is 6.01 Å². The van der Waals surface area contributed by atoms with E-state index in [2.05, 4.69) is 50.1 Å². The Bertz CT molecular complexity index is 1060. The number of methoxy groups -OCH3 is 1. The van der Waals surface area contributed by atoms with E-state index < -0.39 is 0 Å².